The summed E-state index contributed by atoms with van der Waals surface area (Å²) in [5.41, 5.74) is 2.37. The van der Waals surface area contributed by atoms with Crippen LogP contribution in [-0.2, 0) is 6.54 Å². The van der Waals surface area contributed by atoms with Gasteiger partial charge in [-0.25, -0.2) is 18.6 Å². The van der Waals surface area contributed by atoms with Gasteiger partial charge < -0.3 is 10.0 Å². The maximum Gasteiger partial charge on any atom is 0.354 e. The first-order valence-corrected chi connectivity index (χ1v) is 9.43. The van der Waals surface area contributed by atoms with Crippen molar-refractivity contribution >= 4 is 23.3 Å². The molecule has 2 aromatic rings. The first kappa shape index (κ1) is 18.2. The topological polar surface area (TPSA) is 53.4 Å². The molecule has 2 aliphatic rings. The number of nitrogens with zero attached hydrogens (tertiary/aromatic N) is 2. The molecule has 1 aliphatic heterocycles. The highest BCUT2D eigenvalue weighted by atomic mass is 35.5. The third kappa shape index (κ3) is 3.38. The van der Waals surface area contributed by atoms with Gasteiger partial charge in [0.2, 0.25) is 0 Å². The van der Waals surface area contributed by atoms with Gasteiger partial charge in [-0.3, -0.25) is 0 Å². The molecule has 1 unspecified atom stereocenters. The number of carboxylic acid groups (broad SMARTS) is 1. The highest BCUT2D eigenvalue weighted by Crippen LogP contribution is 2.43. The third-order valence-electron chi connectivity index (χ3n) is 5.72. The van der Waals surface area contributed by atoms with E-state index in [-0.39, 0.29) is 11.6 Å². The number of aromatic nitrogens is 1. The zero-order chi connectivity index (χ0) is 19.1. The van der Waals surface area contributed by atoms with Gasteiger partial charge in [-0.15, -0.1) is 0 Å². The van der Waals surface area contributed by atoms with Crippen LogP contribution in [0.5, 0.6) is 0 Å². The molecule has 0 spiro atoms. The Balaban J connectivity index is 1.75. The fourth-order valence-electron chi connectivity index (χ4n) is 4.38. The van der Waals surface area contributed by atoms with E-state index in [4.69, 9.17) is 11.6 Å². The van der Waals surface area contributed by atoms with E-state index in [2.05, 4.69) is 4.98 Å². The van der Waals surface area contributed by atoms with Crippen molar-refractivity contribution in [3.05, 3.63) is 57.9 Å². The van der Waals surface area contributed by atoms with Gasteiger partial charge in [0.15, 0.2) is 0 Å². The summed E-state index contributed by atoms with van der Waals surface area (Å²) in [6, 6.07) is 4.17. The van der Waals surface area contributed by atoms with Gasteiger partial charge >= 0.3 is 5.97 Å². The summed E-state index contributed by atoms with van der Waals surface area (Å²) in [5.74, 6) is -2.08. The van der Waals surface area contributed by atoms with E-state index in [9.17, 15) is 18.7 Å². The zero-order valence-corrected chi connectivity index (χ0v) is 15.3. The van der Waals surface area contributed by atoms with E-state index < -0.39 is 22.6 Å². The first-order valence-electron chi connectivity index (χ1n) is 9.05. The lowest BCUT2D eigenvalue weighted by atomic mass is 9.80. The van der Waals surface area contributed by atoms with E-state index in [1.165, 1.54) is 12.1 Å². The van der Waals surface area contributed by atoms with Crippen molar-refractivity contribution in [1.29, 1.82) is 0 Å². The SMILES string of the molecule is O=C(O)c1cc2c(cn1)CN(c1cc(F)c(Cl)c(F)c1)CC2C1CCCC1. The molecular formula is C20H19ClF2N2O2. The number of carboxylic acids is 1. The molecule has 1 aromatic carbocycles. The molecule has 1 fully saturated rings. The Labute approximate surface area is 160 Å². The van der Waals surface area contributed by atoms with Crippen molar-refractivity contribution in [3.63, 3.8) is 0 Å². The van der Waals surface area contributed by atoms with Crippen molar-refractivity contribution in [1.82, 2.24) is 4.98 Å². The summed E-state index contributed by atoms with van der Waals surface area (Å²) in [4.78, 5) is 17.3. The minimum Gasteiger partial charge on any atom is -0.477 e. The summed E-state index contributed by atoms with van der Waals surface area (Å²) in [7, 11) is 0. The molecule has 4 rings (SSSR count). The van der Waals surface area contributed by atoms with Crippen molar-refractivity contribution in [2.45, 2.75) is 38.1 Å². The number of pyridine rings is 1. The molecule has 1 saturated carbocycles. The monoisotopic (exact) mass is 392 g/mol. The van der Waals surface area contributed by atoms with E-state index in [1.807, 2.05) is 4.90 Å². The van der Waals surface area contributed by atoms with Gasteiger partial charge in [-0.1, -0.05) is 24.4 Å². The molecule has 1 atom stereocenters. The fourth-order valence-corrected chi connectivity index (χ4v) is 4.49. The van der Waals surface area contributed by atoms with Gasteiger partial charge in [0.05, 0.1) is 0 Å². The summed E-state index contributed by atoms with van der Waals surface area (Å²) in [5, 5.41) is 8.78. The van der Waals surface area contributed by atoms with E-state index in [0.717, 1.165) is 36.8 Å². The van der Waals surface area contributed by atoms with Crippen LogP contribution in [0, 0.1) is 17.6 Å². The molecule has 0 saturated heterocycles. The fraction of sp³-hybridized carbons (Fsp3) is 0.400. The minimum atomic E-state index is -1.05. The Hall–Kier alpha value is -2.21. The van der Waals surface area contributed by atoms with Crippen LogP contribution in [0.4, 0.5) is 14.5 Å². The molecule has 0 amide bonds. The molecule has 0 radical (unpaired) electrons. The number of rotatable bonds is 3. The van der Waals surface area contributed by atoms with Gasteiger partial charge in [0.25, 0.3) is 0 Å². The van der Waals surface area contributed by atoms with Gasteiger partial charge in [-0.2, -0.15) is 0 Å². The minimum absolute atomic E-state index is 0.0359. The van der Waals surface area contributed by atoms with Crippen LogP contribution < -0.4 is 4.90 Å². The van der Waals surface area contributed by atoms with E-state index >= 15 is 0 Å². The number of anilines is 1. The smallest absolute Gasteiger partial charge is 0.354 e. The Bertz CT molecular complexity index is 877. The lowest BCUT2D eigenvalue weighted by Gasteiger charge is -2.39. The predicted molar refractivity (Wildman–Crippen MR) is 98.3 cm³/mol. The van der Waals surface area contributed by atoms with Crippen LogP contribution >= 0.6 is 11.6 Å². The molecule has 7 heteroatoms. The number of aromatic carboxylic acids is 1. The summed E-state index contributed by atoms with van der Waals surface area (Å²) >= 11 is 5.61. The van der Waals surface area contributed by atoms with Gasteiger partial charge in [0.1, 0.15) is 22.4 Å². The van der Waals surface area contributed by atoms with Crippen LogP contribution in [0.15, 0.2) is 24.4 Å². The number of halogens is 3. The number of hydrogen-bond acceptors (Lipinski definition) is 3. The second-order valence-electron chi connectivity index (χ2n) is 7.33. The highest BCUT2D eigenvalue weighted by Gasteiger charge is 2.34. The largest absolute Gasteiger partial charge is 0.477 e. The number of hydrogen-bond donors (Lipinski definition) is 1. The van der Waals surface area contributed by atoms with E-state index in [1.54, 1.807) is 12.3 Å². The Morgan fingerprint density at radius 3 is 2.48 bits per heavy atom. The van der Waals surface area contributed by atoms with Crippen LogP contribution in [0.3, 0.4) is 0 Å². The van der Waals surface area contributed by atoms with Crippen molar-refractivity contribution in [3.8, 4) is 0 Å². The van der Waals surface area contributed by atoms with Crippen molar-refractivity contribution in [2.75, 3.05) is 11.4 Å². The maximum absolute atomic E-state index is 14.0. The normalized spacial score (nSPS) is 20.0. The van der Waals surface area contributed by atoms with E-state index in [0.29, 0.717) is 24.7 Å². The van der Waals surface area contributed by atoms with Crippen LogP contribution in [0.1, 0.15) is 53.2 Å². The Kier molecular flexibility index (Phi) is 4.76. The van der Waals surface area contributed by atoms with Gasteiger partial charge in [0, 0.05) is 30.9 Å². The molecule has 142 valence electrons. The molecule has 27 heavy (non-hydrogen) atoms. The number of fused-ring (bicyclic) bond motifs is 1. The predicted octanol–water partition coefficient (Wildman–Crippen LogP) is 5.01. The van der Waals surface area contributed by atoms with Crippen LogP contribution in [0.25, 0.3) is 0 Å². The summed E-state index contributed by atoms with van der Waals surface area (Å²) < 4.78 is 27.9. The first-order chi connectivity index (χ1) is 12.9. The molecule has 1 aromatic heterocycles. The molecular weight excluding hydrogens is 374 g/mol. The van der Waals surface area contributed by atoms with Crippen LogP contribution in [0.2, 0.25) is 5.02 Å². The Morgan fingerprint density at radius 2 is 1.85 bits per heavy atom. The highest BCUT2D eigenvalue weighted by molar-refractivity contribution is 6.30. The number of benzene rings is 1. The summed E-state index contributed by atoms with van der Waals surface area (Å²) in [6.45, 7) is 1.01. The molecule has 0 bridgehead atoms. The van der Waals surface area contributed by atoms with Crippen molar-refractivity contribution in [2.24, 2.45) is 5.92 Å². The Morgan fingerprint density at radius 1 is 1.19 bits per heavy atom. The summed E-state index contributed by atoms with van der Waals surface area (Å²) in [6.07, 6.45) is 6.03. The van der Waals surface area contributed by atoms with Gasteiger partial charge in [-0.05, 0) is 48.1 Å². The standard InChI is InChI=1S/C20H19ClF2N2O2/c21-19-16(22)5-13(6-17(19)23)25-9-12-8-24-18(20(26)27)7-14(12)15(10-25)11-3-1-2-4-11/h5-8,11,15H,1-4,9-10H2,(H,26,27). The zero-order valence-electron chi connectivity index (χ0n) is 14.6. The second-order valence-corrected chi connectivity index (χ2v) is 7.71. The lowest BCUT2D eigenvalue weighted by Crippen LogP contribution is -2.36. The molecule has 1 aliphatic carbocycles. The molecule has 2 heterocycles. The second kappa shape index (κ2) is 7.08. The molecule has 4 nitrogen and oxygen atoms in total. The van der Waals surface area contributed by atoms with Crippen LogP contribution in [-0.4, -0.2) is 22.6 Å². The quantitative estimate of drug-likeness (QED) is 0.746. The number of carbonyl (C=O) groups is 1. The average molecular weight is 393 g/mol. The average Bonchev–Trinajstić information content (AvgIpc) is 3.18. The lowest BCUT2D eigenvalue weighted by molar-refractivity contribution is 0.0690. The third-order valence-corrected chi connectivity index (χ3v) is 6.08. The molecule has 1 N–H and O–H groups in total. The maximum atomic E-state index is 14.0. The van der Waals surface area contributed by atoms with Crippen molar-refractivity contribution < 1.29 is 18.7 Å².